The lowest BCUT2D eigenvalue weighted by Crippen LogP contribution is -2.49. The summed E-state index contributed by atoms with van der Waals surface area (Å²) in [6.45, 7) is 0.973. The molecule has 1 fully saturated rings. The summed E-state index contributed by atoms with van der Waals surface area (Å²) < 4.78 is 48.0. The number of nitrogens with zero attached hydrogens (tertiary/aromatic N) is 2. The van der Waals surface area contributed by atoms with Gasteiger partial charge in [0.05, 0.1) is 15.6 Å². The molecule has 2 aliphatic heterocycles. The van der Waals surface area contributed by atoms with Gasteiger partial charge in [-0.1, -0.05) is 27.5 Å². The summed E-state index contributed by atoms with van der Waals surface area (Å²) in [4.78, 5) is 13.9. The van der Waals surface area contributed by atoms with Crippen LogP contribution in [0.2, 0.25) is 5.02 Å². The van der Waals surface area contributed by atoms with E-state index in [1.807, 2.05) is 18.2 Å². The Kier molecular flexibility index (Phi) is 5.92. The first kappa shape index (κ1) is 20.7. The second-order valence-electron chi connectivity index (χ2n) is 6.80. The van der Waals surface area contributed by atoms with Crippen molar-refractivity contribution < 1.29 is 22.5 Å². The van der Waals surface area contributed by atoms with Crippen molar-refractivity contribution in [2.24, 2.45) is 0 Å². The number of benzene rings is 2. The molecule has 0 N–H and O–H groups in total. The molecule has 2 heterocycles. The second-order valence-corrected chi connectivity index (χ2v) is 9.58. The normalized spacial score (nSPS) is 19.0. The Morgan fingerprint density at radius 1 is 1.14 bits per heavy atom. The lowest BCUT2D eigenvalue weighted by atomic mass is 10.0. The Morgan fingerprint density at radius 2 is 1.86 bits per heavy atom. The zero-order valence-corrected chi connectivity index (χ0v) is 18.2. The summed E-state index contributed by atoms with van der Waals surface area (Å²) in [5.74, 6) is -1.79. The molecular formula is C19H16BrClF2N2O3S. The van der Waals surface area contributed by atoms with Gasteiger partial charge in [0.1, 0.15) is 29.2 Å². The molecular weight excluding hydrogens is 490 g/mol. The minimum absolute atomic E-state index is 0.127. The molecule has 154 valence electrons. The van der Waals surface area contributed by atoms with Crippen molar-refractivity contribution in [3.05, 3.63) is 57.0 Å². The minimum atomic E-state index is -1.81. The Bertz CT molecular complexity index is 1000. The monoisotopic (exact) mass is 504 g/mol. The van der Waals surface area contributed by atoms with Crippen LogP contribution in [0.25, 0.3) is 0 Å². The number of hydrogen-bond acceptors (Lipinski definition) is 3. The molecule has 1 saturated heterocycles. The first-order valence-electron chi connectivity index (χ1n) is 8.91. The molecule has 5 nitrogen and oxygen atoms in total. The van der Waals surface area contributed by atoms with E-state index in [0.29, 0.717) is 32.0 Å². The van der Waals surface area contributed by atoms with E-state index in [9.17, 15) is 17.8 Å². The van der Waals surface area contributed by atoms with E-state index in [2.05, 4.69) is 15.9 Å². The average molecular weight is 506 g/mol. The van der Waals surface area contributed by atoms with Gasteiger partial charge in [0, 0.05) is 35.2 Å². The molecule has 1 atom stereocenters. The molecule has 0 radical (unpaired) electrons. The van der Waals surface area contributed by atoms with Crippen LogP contribution in [0.4, 0.5) is 19.3 Å². The summed E-state index contributed by atoms with van der Waals surface area (Å²) >= 11 is 9.13. The van der Waals surface area contributed by atoms with Gasteiger partial charge in [-0.15, -0.1) is 0 Å². The van der Waals surface area contributed by atoms with Gasteiger partial charge in [0.2, 0.25) is 0 Å². The van der Waals surface area contributed by atoms with Crippen LogP contribution in [0.5, 0.6) is 0 Å². The summed E-state index contributed by atoms with van der Waals surface area (Å²) in [7, 11) is -1.81. The number of ether oxygens (including phenoxy) is 1. The molecule has 1 amide bonds. The largest absolute Gasteiger partial charge is 0.444 e. The van der Waals surface area contributed by atoms with Gasteiger partial charge in [-0.25, -0.2) is 22.1 Å². The fourth-order valence-corrected chi connectivity index (χ4v) is 5.50. The molecule has 0 bridgehead atoms. The molecule has 4 rings (SSSR count). The van der Waals surface area contributed by atoms with Crippen molar-refractivity contribution in [2.45, 2.75) is 30.4 Å². The smallest absolute Gasteiger partial charge is 0.414 e. The predicted molar refractivity (Wildman–Crippen MR) is 109 cm³/mol. The number of fused-ring (bicyclic) bond motifs is 1. The highest BCUT2D eigenvalue weighted by Crippen LogP contribution is 2.34. The first-order valence-corrected chi connectivity index (χ1v) is 11.2. The second kappa shape index (κ2) is 8.29. The third-order valence-electron chi connectivity index (χ3n) is 5.03. The Labute approximate surface area is 182 Å². The summed E-state index contributed by atoms with van der Waals surface area (Å²) in [5.41, 5.74) is 1.72. The highest BCUT2D eigenvalue weighted by Gasteiger charge is 2.35. The van der Waals surface area contributed by atoms with Crippen LogP contribution in [0.1, 0.15) is 18.4 Å². The fourth-order valence-electron chi connectivity index (χ4n) is 3.60. The Hall–Kier alpha value is -1.55. The van der Waals surface area contributed by atoms with Crippen LogP contribution in [-0.4, -0.2) is 33.7 Å². The quantitative estimate of drug-likeness (QED) is 0.550. The van der Waals surface area contributed by atoms with Gasteiger partial charge >= 0.3 is 6.09 Å². The van der Waals surface area contributed by atoms with Crippen LogP contribution < -0.4 is 4.90 Å². The lowest BCUT2D eigenvalue weighted by molar-refractivity contribution is 0.136. The highest BCUT2D eigenvalue weighted by molar-refractivity contribution is 9.10. The maximum absolute atomic E-state index is 14.1. The molecule has 10 heteroatoms. The fraction of sp³-hybridized carbons (Fsp3) is 0.316. The van der Waals surface area contributed by atoms with Crippen LogP contribution in [0, 0.1) is 11.6 Å². The van der Waals surface area contributed by atoms with Crippen LogP contribution in [0.15, 0.2) is 39.7 Å². The molecule has 0 aromatic heterocycles. The summed E-state index contributed by atoms with van der Waals surface area (Å²) in [5, 5.41) is -0.275. The molecule has 29 heavy (non-hydrogen) atoms. The van der Waals surface area contributed by atoms with Crippen molar-refractivity contribution in [3.8, 4) is 0 Å². The van der Waals surface area contributed by atoms with Gasteiger partial charge < -0.3 is 4.74 Å². The van der Waals surface area contributed by atoms with Gasteiger partial charge in [-0.2, -0.15) is 0 Å². The third kappa shape index (κ3) is 4.05. The van der Waals surface area contributed by atoms with Crippen molar-refractivity contribution in [1.82, 2.24) is 4.31 Å². The molecule has 2 aliphatic rings. The molecule has 0 aliphatic carbocycles. The number of carbonyl (C=O) groups is 1. The number of anilines is 1. The van der Waals surface area contributed by atoms with E-state index in [1.54, 1.807) is 9.21 Å². The number of rotatable bonds is 3. The molecule has 2 aromatic rings. The number of carbonyl (C=O) groups excluding carboxylic acids is 1. The zero-order chi connectivity index (χ0) is 20.7. The number of halogens is 4. The van der Waals surface area contributed by atoms with Crippen molar-refractivity contribution >= 4 is 50.3 Å². The average Bonchev–Trinajstić information content (AvgIpc) is 2.70. The van der Waals surface area contributed by atoms with E-state index in [1.165, 1.54) is 0 Å². The minimum Gasteiger partial charge on any atom is -0.444 e. The van der Waals surface area contributed by atoms with Gasteiger partial charge in [0.25, 0.3) is 0 Å². The standard InChI is InChI=1S/C19H16BrClF2N2O3S/c20-12-1-2-17-11(7-12)10-28-19(26)25(17)13-3-5-24(6-4-13)29(27)18-8-14(21)15(22)9-16(18)23/h1-2,7-9,13H,3-6,10H2. The van der Waals surface area contributed by atoms with E-state index in [4.69, 9.17) is 16.3 Å². The summed E-state index contributed by atoms with van der Waals surface area (Å²) in [6.07, 6.45) is 0.663. The Morgan fingerprint density at radius 3 is 2.59 bits per heavy atom. The van der Waals surface area contributed by atoms with Gasteiger partial charge in [-0.3, -0.25) is 4.90 Å². The number of cyclic esters (lactones) is 1. The van der Waals surface area contributed by atoms with E-state index in [-0.39, 0.29) is 22.6 Å². The van der Waals surface area contributed by atoms with Crippen molar-refractivity contribution in [1.29, 1.82) is 0 Å². The first-order chi connectivity index (χ1) is 13.8. The topological polar surface area (TPSA) is 49.9 Å². The molecule has 0 spiro atoms. The lowest BCUT2D eigenvalue weighted by Gasteiger charge is -2.39. The zero-order valence-electron chi connectivity index (χ0n) is 15.0. The molecule has 1 unspecified atom stereocenters. The van der Waals surface area contributed by atoms with Crippen LogP contribution in [-0.2, 0) is 22.3 Å². The van der Waals surface area contributed by atoms with Gasteiger partial charge in [0.15, 0.2) is 0 Å². The maximum atomic E-state index is 14.1. The molecule has 2 aromatic carbocycles. The van der Waals surface area contributed by atoms with Crippen molar-refractivity contribution in [2.75, 3.05) is 18.0 Å². The Balaban J connectivity index is 1.50. The predicted octanol–water partition coefficient (Wildman–Crippen LogP) is 5.02. The van der Waals surface area contributed by atoms with Crippen LogP contribution in [0.3, 0.4) is 0 Å². The highest BCUT2D eigenvalue weighted by atomic mass is 79.9. The number of piperidine rings is 1. The van der Waals surface area contributed by atoms with Gasteiger partial charge in [-0.05, 0) is 37.1 Å². The summed E-state index contributed by atoms with van der Waals surface area (Å²) in [6, 6.07) is 7.24. The maximum Gasteiger partial charge on any atom is 0.414 e. The van der Waals surface area contributed by atoms with E-state index >= 15 is 0 Å². The number of amides is 1. The van der Waals surface area contributed by atoms with Crippen molar-refractivity contribution in [3.63, 3.8) is 0 Å². The third-order valence-corrected chi connectivity index (χ3v) is 7.34. The van der Waals surface area contributed by atoms with Crippen LogP contribution >= 0.6 is 27.5 Å². The molecule has 0 saturated carbocycles. The SMILES string of the molecule is O=C1OCc2cc(Br)ccc2N1C1CCN(S(=O)c2cc(Cl)c(F)cc2F)CC1. The van der Waals surface area contributed by atoms with E-state index in [0.717, 1.165) is 21.8 Å². The number of hydrogen-bond donors (Lipinski definition) is 0. The van der Waals surface area contributed by atoms with E-state index < -0.39 is 28.7 Å².